The van der Waals surface area contributed by atoms with Gasteiger partial charge in [-0.2, -0.15) is 26.3 Å². The van der Waals surface area contributed by atoms with Crippen LogP contribution in [0, 0.1) is 19.8 Å². The number of hydrogen-bond donors (Lipinski definition) is 0. The van der Waals surface area contributed by atoms with Crippen molar-refractivity contribution in [1.82, 2.24) is 9.80 Å². The number of alkyl halides is 6. The minimum Gasteiger partial charge on any atom is -0.335 e. The number of aryl methyl sites for hydroxylation is 2. The summed E-state index contributed by atoms with van der Waals surface area (Å²) in [5.74, 6) is -0.808. The molecule has 0 aromatic heterocycles. The highest BCUT2D eigenvalue weighted by molar-refractivity contribution is 5.95. The van der Waals surface area contributed by atoms with Crippen molar-refractivity contribution in [2.45, 2.75) is 70.8 Å². The molecule has 10 heteroatoms. The number of benzene rings is 2. The fourth-order valence-corrected chi connectivity index (χ4v) is 5.59. The molecule has 2 aromatic rings. The van der Waals surface area contributed by atoms with Gasteiger partial charge in [0.1, 0.15) is 0 Å². The van der Waals surface area contributed by atoms with E-state index in [9.17, 15) is 35.9 Å². The number of piperazine rings is 1. The van der Waals surface area contributed by atoms with Gasteiger partial charge < -0.3 is 9.80 Å². The maximum atomic E-state index is 13.6. The molecule has 4 rings (SSSR count). The summed E-state index contributed by atoms with van der Waals surface area (Å²) in [6.07, 6.45) is -0.881. The summed E-state index contributed by atoms with van der Waals surface area (Å²) >= 11 is 0. The minimum absolute atomic E-state index is 0.0125. The fourth-order valence-electron chi connectivity index (χ4n) is 5.59. The number of nitrogens with zero attached hydrogens (tertiary/aromatic N) is 2. The van der Waals surface area contributed by atoms with Crippen LogP contribution in [0.2, 0.25) is 0 Å². The first-order valence-electron chi connectivity index (χ1n) is 13.9. The molecule has 1 aliphatic heterocycles. The van der Waals surface area contributed by atoms with Crippen LogP contribution in [0.15, 0.2) is 48.6 Å². The van der Waals surface area contributed by atoms with E-state index in [1.807, 2.05) is 38.1 Å². The van der Waals surface area contributed by atoms with Crippen LogP contribution < -0.4 is 0 Å². The molecule has 0 N–H and O–H groups in total. The molecule has 2 aromatic carbocycles. The molecule has 2 aliphatic rings. The largest absolute Gasteiger partial charge is 0.416 e. The maximum absolute atomic E-state index is 13.6. The van der Waals surface area contributed by atoms with Crippen LogP contribution in [0.5, 0.6) is 0 Å². The molecule has 1 atom stereocenters. The number of hydrogen-bond acceptors (Lipinski definition) is 2. The van der Waals surface area contributed by atoms with Crippen LogP contribution in [0.25, 0.3) is 0 Å². The Kier molecular flexibility index (Phi) is 9.19. The second-order valence-electron chi connectivity index (χ2n) is 11.1. The molecular formula is C31H34F6N2O2. The summed E-state index contributed by atoms with van der Waals surface area (Å²) in [6, 6.07) is 6.03. The Hall–Kier alpha value is -3.30. The number of halogens is 6. The zero-order chi connectivity index (χ0) is 29.9. The molecule has 222 valence electrons. The number of carbonyl (C=O) groups is 2. The maximum Gasteiger partial charge on any atom is 0.416 e. The summed E-state index contributed by atoms with van der Waals surface area (Å²) in [6.45, 7) is 4.08. The van der Waals surface area contributed by atoms with Crippen molar-refractivity contribution in [3.63, 3.8) is 0 Å². The van der Waals surface area contributed by atoms with Crippen LogP contribution >= 0.6 is 0 Å². The molecule has 1 heterocycles. The Morgan fingerprint density at radius 2 is 1.49 bits per heavy atom. The highest BCUT2D eigenvalue weighted by atomic mass is 19.4. The lowest BCUT2D eigenvalue weighted by Crippen LogP contribution is -2.57. The molecule has 0 bridgehead atoms. The number of rotatable bonds is 5. The van der Waals surface area contributed by atoms with Gasteiger partial charge in [0.05, 0.1) is 17.2 Å². The molecule has 2 fully saturated rings. The van der Waals surface area contributed by atoms with E-state index in [2.05, 4.69) is 0 Å². The third-order valence-electron chi connectivity index (χ3n) is 8.09. The van der Waals surface area contributed by atoms with Gasteiger partial charge in [0.25, 0.3) is 5.91 Å². The van der Waals surface area contributed by atoms with Crippen molar-refractivity contribution in [2.24, 2.45) is 5.92 Å². The van der Waals surface area contributed by atoms with E-state index in [1.54, 1.807) is 11.0 Å². The molecule has 1 aliphatic carbocycles. The summed E-state index contributed by atoms with van der Waals surface area (Å²) in [5.41, 5.74) is -0.853. The third kappa shape index (κ3) is 7.71. The normalized spacial score (nSPS) is 19.2. The predicted octanol–water partition coefficient (Wildman–Crippen LogP) is 7.37. The summed E-state index contributed by atoms with van der Waals surface area (Å²) in [5, 5.41) is 0. The molecule has 1 saturated heterocycles. The summed E-state index contributed by atoms with van der Waals surface area (Å²) in [4.78, 5) is 29.5. The quantitative estimate of drug-likeness (QED) is 0.274. The third-order valence-corrected chi connectivity index (χ3v) is 8.09. The average molecular weight is 581 g/mol. The van der Waals surface area contributed by atoms with Crippen LogP contribution in [-0.4, -0.2) is 47.3 Å². The topological polar surface area (TPSA) is 40.6 Å². The first-order valence-corrected chi connectivity index (χ1v) is 13.9. The molecule has 1 saturated carbocycles. The fraction of sp³-hybridized carbons (Fsp3) is 0.484. The van der Waals surface area contributed by atoms with Gasteiger partial charge in [-0.3, -0.25) is 9.59 Å². The van der Waals surface area contributed by atoms with E-state index in [0.717, 1.165) is 42.4 Å². The van der Waals surface area contributed by atoms with E-state index in [0.29, 0.717) is 18.1 Å². The Labute approximate surface area is 236 Å². The lowest BCUT2D eigenvalue weighted by molar-refractivity contribution is -0.143. The Bertz CT molecular complexity index is 1260. The van der Waals surface area contributed by atoms with Crippen LogP contribution in [0.4, 0.5) is 26.3 Å². The van der Waals surface area contributed by atoms with Gasteiger partial charge in [-0.1, -0.05) is 43.5 Å². The first-order chi connectivity index (χ1) is 19.2. The van der Waals surface area contributed by atoms with E-state index in [1.165, 1.54) is 11.3 Å². The minimum atomic E-state index is -5.06. The first kappa shape index (κ1) is 30.7. The monoisotopic (exact) mass is 580 g/mol. The van der Waals surface area contributed by atoms with Crippen molar-refractivity contribution in [2.75, 3.05) is 19.6 Å². The highest BCUT2D eigenvalue weighted by Gasteiger charge is 2.39. The average Bonchev–Trinajstić information content (AvgIpc) is 2.92. The summed E-state index contributed by atoms with van der Waals surface area (Å²) in [7, 11) is 0. The molecular weight excluding hydrogens is 546 g/mol. The van der Waals surface area contributed by atoms with Crippen molar-refractivity contribution in [1.29, 1.82) is 0 Å². The van der Waals surface area contributed by atoms with E-state index < -0.39 is 41.0 Å². The molecule has 0 spiro atoms. The van der Waals surface area contributed by atoms with Crippen molar-refractivity contribution in [3.8, 4) is 0 Å². The SMILES string of the molecule is Cc1ccc(CC2CN(C(=O)/C=C/C3CCCCC3)CCN2C(=O)c2cc(C(F)(F)F)cc(C(F)(F)F)c2)cc1C. The van der Waals surface area contributed by atoms with Gasteiger partial charge in [0, 0.05) is 25.2 Å². The van der Waals surface area contributed by atoms with Gasteiger partial charge in [0.15, 0.2) is 0 Å². The standard InChI is InChI=1S/C31H34F6N2O2/c1-20-8-9-23(14-21(20)2)15-27-19-38(28(40)11-10-22-6-4-3-5-7-22)12-13-39(27)29(41)24-16-25(30(32,33)34)18-26(17-24)31(35,36)37/h8-11,14,16-18,22,27H,3-7,12-13,15,19H2,1-2H3/b11-10+. The molecule has 41 heavy (non-hydrogen) atoms. The zero-order valence-corrected chi connectivity index (χ0v) is 23.1. The van der Waals surface area contributed by atoms with E-state index in [-0.39, 0.29) is 38.0 Å². The van der Waals surface area contributed by atoms with Gasteiger partial charge in [0.2, 0.25) is 5.91 Å². The second kappa shape index (κ2) is 12.3. The number of carbonyl (C=O) groups excluding carboxylic acids is 2. The Morgan fingerprint density at radius 1 is 0.854 bits per heavy atom. The summed E-state index contributed by atoms with van der Waals surface area (Å²) < 4.78 is 80.9. The van der Waals surface area contributed by atoms with E-state index >= 15 is 0 Å². The molecule has 4 nitrogen and oxygen atoms in total. The predicted molar refractivity (Wildman–Crippen MR) is 143 cm³/mol. The lowest BCUT2D eigenvalue weighted by atomic mass is 9.89. The van der Waals surface area contributed by atoms with Crippen LogP contribution in [0.1, 0.15) is 70.3 Å². The van der Waals surface area contributed by atoms with E-state index in [4.69, 9.17) is 0 Å². The Balaban J connectivity index is 1.63. The number of allylic oxidation sites excluding steroid dienone is 1. The van der Waals surface area contributed by atoms with Crippen molar-refractivity contribution < 1.29 is 35.9 Å². The molecule has 0 radical (unpaired) electrons. The van der Waals surface area contributed by atoms with Gasteiger partial charge >= 0.3 is 12.4 Å². The van der Waals surface area contributed by atoms with Crippen LogP contribution in [0.3, 0.4) is 0 Å². The molecule has 2 amide bonds. The van der Waals surface area contributed by atoms with Crippen molar-refractivity contribution in [3.05, 3.63) is 81.9 Å². The number of amides is 2. The smallest absolute Gasteiger partial charge is 0.335 e. The van der Waals surface area contributed by atoms with Crippen LogP contribution in [-0.2, 0) is 23.6 Å². The van der Waals surface area contributed by atoms with Gasteiger partial charge in [-0.25, -0.2) is 0 Å². The van der Waals surface area contributed by atoms with Gasteiger partial charge in [-0.15, -0.1) is 0 Å². The lowest BCUT2D eigenvalue weighted by Gasteiger charge is -2.41. The highest BCUT2D eigenvalue weighted by Crippen LogP contribution is 2.37. The second-order valence-corrected chi connectivity index (χ2v) is 11.1. The zero-order valence-electron chi connectivity index (χ0n) is 23.1. The Morgan fingerprint density at radius 3 is 2.07 bits per heavy atom. The molecule has 1 unspecified atom stereocenters. The van der Waals surface area contributed by atoms with Crippen molar-refractivity contribution >= 4 is 11.8 Å². The van der Waals surface area contributed by atoms with Gasteiger partial charge in [-0.05, 0) is 80.0 Å².